The first-order valence-electron chi connectivity index (χ1n) is 7.40. The Balaban J connectivity index is 2.12. The summed E-state index contributed by atoms with van der Waals surface area (Å²) in [4.78, 5) is 28.2. The average Bonchev–Trinajstić information content (AvgIpc) is 2.44. The minimum Gasteiger partial charge on any atom is -0.479 e. The number of pyridine rings is 1. The topological polar surface area (TPSA) is 79.3 Å². The third-order valence-electron chi connectivity index (χ3n) is 4.49. The van der Waals surface area contributed by atoms with E-state index in [-0.39, 0.29) is 18.2 Å². The first-order valence-corrected chi connectivity index (χ1v) is 7.40. The number of aryl methyl sites for hydroxylation is 1. The Bertz CT molecular complexity index is 544. The maximum atomic E-state index is 12.3. The fraction of sp³-hybridized carbons (Fsp3) is 0.562. The van der Waals surface area contributed by atoms with E-state index in [9.17, 15) is 14.7 Å². The van der Waals surface area contributed by atoms with E-state index in [0.29, 0.717) is 12.1 Å². The van der Waals surface area contributed by atoms with E-state index >= 15 is 0 Å². The van der Waals surface area contributed by atoms with Gasteiger partial charge < -0.3 is 10.4 Å². The summed E-state index contributed by atoms with van der Waals surface area (Å²) in [5.41, 5.74) is 0.505. The van der Waals surface area contributed by atoms with Crippen LogP contribution in [0.15, 0.2) is 18.3 Å². The van der Waals surface area contributed by atoms with E-state index in [1.165, 1.54) is 0 Å². The molecule has 0 bridgehead atoms. The van der Waals surface area contributed by atoms with Gasteiger partial charge in [-0.05, 0) is 37.3 Å². The van der Waals surface area contributed by atoms with Crippen LogP contribution in [0.2, 0.25) is 0 Å². The minimum absolute atomic E-state index is 0.0578. The van der Waals surface area contributed by atoms with Crippen molar-refractivity contribution in [2.45, 2.75) is 51.5 Å². The number of carboxylic acids is 1. The van der Waals surface area contributed by atoms with Crippen LogP contribution in [-0.4, -0.2) is 27.5 Å². The first kappa shape index (κ1) is 15.5. The van der Waals surface area contributed by atoms with E-state index in [4.69, 9.17) is 0 Å². The highest BCUT2D eigenvalue weighted by Gasteiger charge is 2.46. The van der Waals surface area contributed by atoms with Gasteiger partial charge in [-0.25, -0.2) is 4.79 Å². The second-order valence-corrected chi connectivity index (χ2v) is 5.92. The Morgan fingerprint density at radius 2 is 2.24 bits per heavy atom. The van der Waals surface area contributed by atoms with Crippen molar-refractivity contribution in [3.8, 4) is 0 Å². The molecular formula is C16H22N2O3. The van der Waals surface area contributed by atoms with Crippen molar-refractivity contribution in [1.29, 1.82) is 0 Å². The number of hydrogen-bond acceptors (Lipinski definition) is 3. The number of carbonyl (C=O) groups is 2. The molecule has 1 fully saturated rings. The summed E-state index contributed by atoms with van der Waals surface area (Å²) in [6.45, 7) is 3.80. The monoisotopic (exact) mass is 290 g/mol. The SMILES string of the molecule is Cc1cccnc1CC(=O)NC1(C(=O)O)CCCCC1C. The number of rotatable bonds is 4. The molecule has 2 unspecified atom stereocenters. The van der Waals surface area contributed by atoms with Gasteiger partial charge in [0.2, 0.25) is 5.91 Å². The molecule has 1 amide bonds. The number of carbonyl (C=O) groups excluding carboxylic acids is 1. The maximum absolute atomic E-state index is 12.3. The molecule has 0 radical (unpaired) electrons. The van der Waals surface area contributed by atoms with E-state index < -0.39 is 11.5 Å². The Kier molecular flexibility index (Phi) is 4.60. The Morgan fingerprint density at radius 1 is 1.48 bits per heavy atom. The average molecular weight is 290 g/mol. The lowest BCUT2D eigenvalue weighted by molar-refractivity contribution is -0.151. The fourth-order valence-electron chi connectivity index (χ4n) is 3.05. The molecule has 1 aromatic heterocycles. The molecule has 114 valence electrons. The number of nitrogens with one attached hydrogen (secondary N) is 1. The molecule has 0 saturated heterocycles. The molecule has 0 aliphatic heterocycles. The van der Waals surface area contributed by atoms with Crippen LogP contribution in [0.3, 0.4) is 0 Å². The first-order chi connectivity index (χ1) is 9.95. The number of nitrogens with zero attached hydrogens (tertiary/aromatic N) is 1. The lowest BCUT2D eigenvalue weighted by Crippen LogP contribution is -2.60. The summed E-state index contributed by atoms with van der Waals surface area (Å²) in [5.74, 6) is -1.26. The highest BCUT2D eigenvalue weighted by molar-refractivity contribution is 5.88. The molecule has 1 aliphatic rings. The van der Waals surface area contributed by atoms with Gasteiger partial charge in [-0.15, -0.1) is 0 Å². The predicted molar refractivity (Wildman–Crippen MR) is 78.8 cm³/mol. The van der Waals surface area contributed by atoms with Gasteiger partial charge in [0.1, 0.15) is 5.54 Å². The molecule has 21 heavy (non-hydrogen) atoms. The zero-order valence-corrected chi connectivity index (χ0v) is 12.6. The fourth-order valence-corrected chi connectivity index (χ4v) is 3.05. The van der Waals surface area contributed by atoms with Gasteiger partial charge in [-0.3, -0.25) is 9.78 Å². The Labute approximate surface area is 124 Å². The molecule has 1 heterocycles. The molecule has 0 aromatic carbocycles. The zero-order chi connectivity index (χ0) is 15.5. The number of hydrogen-bond donors (Lipinski definition) is 2. The normalized spacial score (nSPS) is 25.3. The Morgan fingerprint density at radius 3 is 2.86 bits per heavy atom. The van der Waals surface area contributed by atoms with Crippen molar-refractivity contribution in [3.05, 3.63) is 29.6 Å². The third-order valence-corrected chi connectivity index (χ3v) is 4.49. The van der Waals surface area contributed by atoms with Crippen LogP contribution in [0, 0.1) is 12.8 Å². The van der Waals surface area contributed by atoms with Gasteiger partial charge in [-0.2, -0.15) is 0 Å². The van der Waals surface area contributed by atoms with E-state index in [1.807, 2.05) is 26.0 Å². The van der Waals surface area contributed by atoms with Crippen molar-refractivity contribution in [2.24, 2.45) is 5.92 Å². The lowest BCUT2D eigenvalue weighted by atomic mass is 9.73. The molecule has 5 heteroatoms. The molecule has 2 N–H and O–H groups in total. The molecule has 2 atom stereocenters. The highest BCUT2D eigenvalue weighted by atomic mass is 16.4. The lowest BCUT2D eigenvalue weighted by Gasteiger charge is -2.39. The molecular weight excluding hydrogens is 268 g/mol. The van der Waals surface area contributed by atoms with Crippen molar-refractivity contribution < 1.29 is 14.7 Å². The molecule has 0 spiro atoms. The van der Waals surface area contributed by atoms with Crippen LogP contribution >= 0.6 is 0 Å². The summed E-state index contributed by atoms with van der Waals surface area (Å²) in [7, 11) is 0. The molecule has 1 saturated carbocycles. The van der Waals surface area contributed by atoms with Gasteiger partial charge in [0, 0.05) is 6.20 Å². The largest absolute Gasteiger partial charge is 0.479 e. The van der Waals surface area contributed by atoms with Gasteiger partial charge in [-0.1, -0.05) is 25.8 Å². The number of aromatic nitrogens is 1. The summed E-state index contributed by atoms with van der Waals surface area (Å²) in [6.07, 6.45) is 4.94. The number of amides is 1. The summed E-state index contributed by atoms with van der Waals surface area (Å²) in [5, 5.41) is 12.4. The minimum atomic E-state index is -1.13. The Hall–Kier alpha value is -1.91. The van der Waals surface area contributed by atoms with Crippen LogP contribution in [0.25, 0.3) is 0 Å². The standard InChI is InChI=1S/C16H22N2O3/c1-11-6-5-9-17-13(11)10-14(19)18-16(15(20)21)8-4-3-7-12(16)2/h5-6,9,12H,3-4,7-8,10H2,1-2H3,(H,18,19)(H,20,21). The third kappa shape index (κ3) is 3.23. The van der Waals surface area contributed by atoms with Gasteiger partial charge in [0.25, 0.3) is 0 Å². The smallest absolute Gasteiger partial charge is 0.329 e. The van der Waals surface area contributed by atoms with E-state index in [2.05, 4.69) is 10.3 Å². The van der Waals surface area contributed by atoms with Crippen LogP contribution < -0.4 is 5.32 Å². The maximum Gasteiger partial charge on any atom is 0.329 e. The van der Waals surface area contributed by atoms with Crippen LogP contribution in [0.5, 0.6) is 0 Å². The quantitative estimate of drug-likeness (QED) is 0.890. The van der Waals surface area contributed by atoms with Gasteiger partial charge in [0.15, 0.2) is 0 Å². The predicted octanol–water partition coefficient (Wildman–Crippen LogP) is 2.08. The second-order valence-electron chi connectivity index (χ2n) is 5.92. The van der Waals surface area contributed by atoms with Crippen LogP contribution in [0.1, 0.15) is 43.9 Å². The van der Waals surface area contributed by atoms with Crippen molar-refractivity contribution >= 4 is 11.9 Å². The van der Waals surface area contributed by atoms with Crippen molar-refractivity contribution in [1.82, 2.24) is 10.3 Å². The van der Waals surface area contributed by atoms with Crippen molar-refractivity contribution in [2.75, 3.05) is 0 Å². The summed E-state index contributed by atoms with van der Waals surface area (Å²) < 4.78 is 0. The van der Waals surface area contributed by atoms with Crippen LogP contribution in [0.4, 0.5) is 0 Å². The summed E-state index contributed by atoms with van der Waals surface area (Å²) in [6, 6.07) is 3.71. The molecule has 1 aliphatic carbocycles. The zero-order valence-electron chi connectivity index (χ0n) is 12.6. The van der Waals surface area contributed by atoms with Gasteiger partial charge >= 0.3 is 5.97 Å². The van der Waals surface area contributed by atoms with Gasteiger partial charge in [0.05, 0.1) is 12.1 Å². The molecule has 2 rings (SSSR count). The van der Waals surface area contributed by atoms with E-state index in [0.717, 1.165) is 24.8 Å². The number of carboxylic acid groups (broad SMARTS) is 1. The summed E-state index contributed by atoms with van der Waals surface area (Å²) >= 11 is 0. The number of aliphatic carboxylic acids is 1. The highest BCUT2D eigenvalue weighted by Crippen LogP contribution is 2.34. The molecule has 1 aromatic rings. The second kappa shape index (κ2) is 6.24. The van der Waals surface area contributed by atoms with Crippen molar-refractivity contribution in [3.63, 3.8) is 0 Å². The van der Waals surface area contributed by atoms with Crippen LogP contribution in [-0.2, 0) is 16.0 Å². The van der Waals surface area contributed by atoms with E-state index in [1.54, 1.807) is 6.20 Å². The molecule has 5 nitrogen and oxygen atoms in total.